The number of esters is 1. The molecule has 1 aromatic heterocycles. The van der Waals surface area contributed by atoms with Crippen LogP contribution in [0.4, 0.5) is 0 Å². The summed E-state index contributed by atoms with van der Waals surface area (Å²) in [6.45, 7) is 4.64. The number of hydrogen-bond acceptors (Lipinski definition) is 4. The lowest BCUT2D eigenvalue weighted by Crippen LogP contribution is -2.34. The maximum Gasteiger partial charge on any atom is 0.357 e. The lowest BCUT2D eigenvalue weighted by atomic mass is 10.1. The van der Waals surface area contributed by atoms with Crippen molar-refractivity contribution in [3.63, 3.8) is 0 Å². The van der Waals surface area contributed by atoms with E-state index < -0.39 is 5.97 Å². The van der Waals surface area contributed by atoms with Crippen LogP contribution in [0.2, 0.25) is 0 Å². The highest BCUT2D eigenvalue weighted by Crippen LogP contribution is 2.22. The summed E-state index contributed by atoms with van der Waals surface area (Å²) in [5, 5.41) is 4.59. The Morgan fingerprint density at radius 2 is 1.57 bits per heavy atom. The molecule has 0 spiro atoms. The second-order valence-electron chi connectivity index (χ2n) is 6.17. The SMILES string of the molecule is CCN(CC)C(=O)COC(=O)c1cc(-c2ccccc2)nn1-c1ccccc1. The number of benzene rings is 2. The minimum Gasteiger partial charge on any atom is -0.451 e. The molecule has 0 N–H and O–H groups in total. The topological polar surface area (TPSA) is 64.4 Å². The quantitative estimate of drug-likeness (QED) is 0.591. The van der Waals surface area contributed by atoms with E-state index in [0.29, 0.717) is 18.8 Å². The Kier molecular flexibility index (Phi) is 6.22. The molecule has 6 nitrogen and oxygen atoms in total. The minimum absolute atomic E-state index is 0.215. The van der Waals surface area contributed by atoms with Crippen LogP contribution in [-0.2, 0) is 9.53 Å². The van der Waals surface area contributed by atoms with Gasteiger partial charge in [-0.2, -0.15) is 5.10 Å². The highest BCUT2D eigenvalue weighted by atomic mass is 16.5. The number of hydrogen-bond donors (Lipinski definition) is 0. The Morgan fingerprint density at radius 1 is 0.964 bits per heavy atom. The number of ether oxygens (including phenoxy) is 1. The van der Waals surface area contributed by atoms with E-state index in [1.54, 1.807) is 15.6 Å². The highest BCUT2D eigenvalue weighted by Gasteiger charge is 2.20. The van der Waals surface area contributed by atoms with Crippen LogP contribution in [0.15, 0.2) is 66.7 Å². The number of aromatic nitrogens is 2. The molecule has 0 aliphatic rings. The summed E-state index contributed by atoms with van der Waals surface area (Å²) in [6.07, 6.45) is 0. The number of para-hydroxylation sites is 1. The molecule has 3 aromatic rings. The van der Waals surface area contributed by atoms with Gasteiger partial charge in [0.2, 0.25) is 0 Å². The van der Waals surface area contributed by atoms with Gasteiger partial charge in [-0.1, -0.05) is 48.5 Å². The summed E-state index contributed by atoms with van der Waals surface area (Å²) in [7, 11) is 0. The van der Waals surface area contributed by atoms with Gasteiger partial charge in [0.05, 0.1) is 11.4 Å². The molecule has 0 bridgehead atoms. The molecule has 144 valence electrons. The van der Waals surface area contributed by atoms with Crippen LogP contribution in [0.3, 0.4) is 0 Å². The van der Waals surface area contributed by atoms with Gasteiger partial charge in [0.25, 0.3) is 5.91 Å². The predicted molar refractivity (Wildman–Crippen MR) is 107 cm³/mol. The first-order chi connectivity index (χ1) is 13.6. The van der Waals surface area contributed by atoms with Crippen LogP contribution >= 0.6 is 0 Å². The molecule has 0 aliphatic carbocycles. The summed E-state index contributed by atoms with van der Waals surface area (Å²) in [5.41, 5.74) is 2.57. The zero-order chi connectivity index (χ0) is 19.9. The van der Waals surface area contributed by atoms with Gasteiger partial charge < -0.3 is 9.64 Å². The predicted octanol–water partition coefficient (Wildman–Crippen LogP) is 3.56. The van der Waals surface area contributed by atoms with Crippen LogP contribution in [-0.4, -0.2) is 46.3 Å². The smallest absolute Gasteiger partial charge is 0.357 e. The first-order valence-corrected chi connectivity index (χ1v) is 9.29. The maximum atomic E-state index is 12.7. The van der Waals surface area contributed by atoms with Gasteiger partial charge in [-0.05, 0) is 32.0 Å². The largest absolute Gasteiger partial charge is 0.451 e. The third kappa shape index (κ3) is 4.28. The van der Waals surface area contributed by atoms with Gasteiger partial charge in [-0.15, -0.1) is 0 Å². The molecule has 3 rings (SSSR count). The van der Waals surface area contributed by atoms with Crippen molar-refractivity contribution in [2.75, 3.05) is 19.7 Å². The van der Waals surface area contributed by atoms with Crippen molar-refractivity contribution in [2.45, 2.75) is 13.8 Å². The zero-order valence-electron chi connectivity index (χ0n) is 16.0. The minimum atomic E-state index is -0.584. The summed E-state index contributed by atoms with van der Waals surface area (Å²) < 4.78 is 6.84. The molecule has 0 unspecified atom stereocenters. The van der Waals surface area contributed by atoms with Gasteiger partial charge in [0.15, 0.2) is 12.3 Å². The maximum absolute atomic E-state index is 12.7. The zero-order valence-corrected chi connectivity index (χ0v) is 16.0. The van der Waals surface area contributed by atoms with Crippen LogP contribution in [0.25, 0.3) is 16.9 Å². The molecule has 6 heteroatoms. The third-order valence-electron chi connectivity index (χ3n) is 4.43. The number of likely N-dealkylation sites (N-methyl/N-ethyl adjacent to an activating group) is 1. The van der Waals surface area contributed by atoms with Crippen molar-refractivity contribution in [3.05, 3.63) is 72.4 Å². The molecule has 0 fully saturated rings. The number of carbonyl (C=O) groups excluding carboxylic acids is 2. The van der Waals surface area contributed by atoms with Crippen molar-refractivity contribution in [1.29, 1.82) is 0 Å². The van der Waals surface area contributed by atoms with Crippen molar-refractivity contribution >= 4 is 11.9 Å². The summed E-state index contributed by atoms with van der Waals surface area (Å²) >= 11 is 0. The second kappa shape index (κ2) is 8.99. The second-order valence-corrected chi connectivity index (χ2v) is 6.17. The first kappa shape index (κ1) is 19.4. The molecule has 1 amide bonds. The molecule has 2 aromatic carbocycles. The van der Waals surface area contributed by atoms with Gasteiger partial charge in [0.1, 0.15) is 0 Å². The Labute approximate surface area is 164 Å². The highest BCUT2D eigenvalue weighted by molar-refractivity contribution is 5.91. The summed E-state index contributed by atoms with van der Waals surface area (Å²) in [4.78, 5) is 26.5. The molecular weight excluding hydrogens is 354 g/mol. The van der Waals surface area contributed by atoms with Gasteiger partial charge in [0, 0.05) is 18.7 Å². The average molecular weight is 377 g/mol. The van der Waals surface area contributed by atoms with Gasteiger partial charge in [-0.3, -0.25) is 4.79 Å². The normalized spacial score (nSPS) is 10.5. The fraction of sp³-hybridized carbons (Fsp3) is 0.227. The molecular formula is C22H23N3O3. The van der Waals surface area contributed by atoms with E-state index in [1.807, 2.05) is 74.5 Å². The molecule has 0 radical (unpaired) electrons. The fourth-order valence-corrected chi connectivity index (χ4v) is 2.91. The van der Waals surface area contributed by atoms with Crippen LogP contribution in [0.5, 0.6) is 0 Å². The van der Waals surface area contributed by atoms with E-state index in [-0.39, 0.29) is 18.2 Å². The van der Waals surface area contributed by atoms with Gasteiger partial charge in [-0.25, -0.2) is 9.48 Å². The summed E-state index contributed by atoms with van der Waals surface area (Å²) in [6, 6.07) is 20.7. The first-order valence-electron chi connectivity index (χ1n) is 9.29. The lowest BCUT2D eigenvalue weighted by Gasteiger charge is -2.18. The Hall–Kier alpha value is -3.41. The van der Waals surface area contributed by atoms with E-state index in [0.717, 1.165) is 11.3 Å². The van der Waals surface area contributed by atoms with E-state index in [9.17, 15) is 9.59 Å². The fourth-order valence-electron chi connectivity index (χ4n) is 2.91. The Balaban J connectivity index is 1.89. The number of carbonyl (C=O) groups is 2. The van der Waals surface area contributed by atoms with Crippen LogP contribution < -0.4 is 0 Å². The van der Waals surface area contributed by atoms with Crippen molar-refractivity contribution in [1.82, 2.24) is 14.7 Å². The van der Waals surface area contributed by atoms with E-state index in [1.165, 1.54) is 0 Å². The molecule has 28 heavy (non-hydrogen) atoms. The molecule has 1 heterocycles. The number of nitrogens with zero attached hydrogens (tertiary/aromatic N) is 3. The monoisotopic (exact) mass is 377 g/mol. The molecule has 0 saturated heterocycles. The Morgan fingerprint density at radius 3 is 2.18 bits per heavy atom. The van der Waals surface area contributed by atoms with E-state index >= 15 is 0 Å². The van der Waals surface area contributed by atoms with E-state index in [2.05, 4.69) is 5.10 Å². The van der Waals surface area contributed by atoms with Crippen molar-refractivity contribution < 1.29 is 14.3 Å². The molecule has 0 saturated carbocycles. The third-order valence-corrected chi connectivity index (χ3v) is 4.43. The molecule has 0 atom stereocenters. The average Bonchev–Trinajstić information content (AvgIpc) is 3.20. The summed E-state index contributed by atoms with van der Waals surface area (Å²) in [5.74, 6) is -0.800. The standard InChI is InChI=1S/C22H23N3O3/c1-3-24(4-2)21(26)16-28-22(27)20-15-19(17-11-7-5-8-12-17)23-25(20)18-13-9-6-10-14-18/h5-15H,3-4,16H2,1-2H3. The van der Waals surface area contributed by atoms with Crippen LogP contribution in [0, 0.1) is 0 Å². The molecule has 0 aliphatic heterocycles. The lowest BCUT2D eigenvalue weighted by molar-refractivity contribution is -0.134. The number of rotatable bonds is 7. The van der Waals surface area contributed by atoms with E-state index in [4.69, 9.17) is 4.74 Å². The van der Waals surface area contributed by atoms with Crippen LogP contribution in [0.1, 0.15) is 24.3 Å². The van der Waals surface area contributed by atoms with Crippen molar-refractivity contribution in [2.24, 2.45) is 0 Å². The van der Waals surface area contributed by atoms with Gasteiger partial charge >= 0.3 is 5.97 Å². The number of amides is 1. The Bertz CT molecular complexity index is 932. The van der Waals surface area contributed by atoms with Crippen molar-refractivity contribution in [3.8, 4) is 16.9 Å².